The van der Waals surface area contributed by atoms with E-state index in [0.29, 0.717) is 11.8 Å². The topological polar surface area (TPSA) is 23.6 Å². The number of carbonyl (C=O) groups excluding carboxylic acids is 1. The van der Waals surface area contributed by atoms with Crippen LogP contribution >= 0.6 is 11.6 Å². The highest BCUT2D eigenvalue weighted by Crippen LogP contribution is 2.33. The molecule has 3 nitrogen and oxygen atoms in total. The Balaban J connectivity index is 1.67. The van der Waals surface area contributed by atoms with Crippen molar-refractivity contribution in [3.05, 3.63) is 35.4 Å². The van der Waals surface area contributed by atoms with Gasteiger partial charge in [-0.1, -0.05) is 24.3 Å². The van der Waals surface area contributed by atoms with Gasteiger partial charge in [0.1, 0.15) is 0 Å². The third-order valence-corrected chi connectivity index (χ3v) is 4.92. The van der Waals surface area contributed by atoms with Gasteiger partial charge < -0.3 is 4.90 Å². The van der Waals surface area contributed by atoms with Gasteiger partial charge in [0.2, 0.25) is 5.91 Å². The molecule has 4 heteroatoms. The van der Waals surface area contributed by atoms with Crippen LogP contribution < -0.4 is 0 Å². The van der Waals surface area contributed by atoms with Crippen LogP contribution in [-0.4, -0.2) is 54.3 Å². The van der Waals surface area contributed by atoms with E-state index in [1.807, 2.05) is 0 Å². The van der Waals surface area contributed by atoms with Crippen LogP contribution in [0.5, 0.6) is 0 Å². The molecule has 21 heavy (non-hydrogen) atoms. The average molecular weight is 307 g/mol. The molecule has 1 aliphatic heterocycles. The van der Waals surface area contributed by atoms with Crippen LogP contribution in [0, 0.1) is 0 Å². The van der Waals surface area contributed by atoms with Gasteiger partial charge in [-0.3, -0.25) is 9.69 Å². The minimum absolute atomic E-state index is 0.0783. The molecule has 0 saturated carbocycles. The lowest BCUT2D eigenvalue weighted by molar-refractivity contribution is -0.134. The number of carbonyl (C=O) groups is 1. The molecule has 0 N–H and O–H groups in total. The van der Waals surface area contributed by atoms with Crippen LogP contribution in [0.3, 0.4) is 0 Å². The summed E-state index contributed by atoms with van der Waals surface area (Å²) in [6.07, 6.45) is 3.24. The number of hydrogen-bond acceptors (Lipinski definition) is 2. The van der Waals surface area contributed by atoms with E-state index in [1.54, 1.807) is 0 Å². The minimum atomic E-state index is 0.0783. The van der Waals surface area contributed by atoms with Crippen LogP contribution in [0.2, 0.25) is 0 Å². The van der Waals surface area contributed by atoms with E-state index in [1.165, 1.54) is 11.1 Å². The maximum Gasteiger partial charge on any atom is 0.230 e. The number of benzene rings is 1. The first kappa shape index (κ1) is 14.9. The predicted octanol–water partition coefficient (Wildman–Crippen LogP) is 2.49. The highest BCUT2D eigenvalue weighted by Gasteiger charge is 2.31. The zero-order valence-corrected chi connectivity index (χ0v) is 13.2. The van der Waals surface area contributed by atoms with Crippen molar-refractivity contribution in [3.63, 3.8) is 0 Å². The van der Waals surface area contributed by atoms with Crippen molar-refractivity contribution in [2.24, 2.45) is 0 Å². The van der Waals surface area contributed by atoms with E-state index < -0.39 is 0 Å². The summed E-state index contributed by atoms with van der Waals surface area (Å²) < 4.78 is 0. The van der Waals surface area contributed by atoms with Crippen molar-refractivity contribution in [3.8, 4) is 0 Å². The van der Waals surface area contributed by atoms with Gasteiger partial charge in [0.25, 0.3) is 0 Å². The Hall–Kier alpha value is -1.06. The van der Waals surface area contributed by atoms with Crippen molar-refractivity contribution >= 4 is 17.5 Å². The molecule has 1 aliphatic carbocycles. The summed E-state index contributed by atoms with van der Waals surface area (Å²) >= 11 is 5.79. The van der Waals surface area contributed by atoms with Gasteiger partial charge >= 0.3 is 0 Å². The highest BCUT2D eigenvalue weighted by molar-refractivity contribution is 6.18. The summed E-state index contributed by atoms with van der Waals surface area (Å²) in [6.45, 7) is 4.51. The highest BCUT2D eigenvalue weighted by atomic mass is 35.5. The molecule has 1 amide bonds. The fourth-order valence-corrected chi connectivity index (χ4v) is 3.78. The molecule has 1 aromatic rings. The molecule has 114 valence electrons. The van der Waals surface area contributed by atoms with E-state index in [2.05, 4.69) is 34.1 Å². The lowest BCUT2D eigenvalue weighted by Crippen LogP contribution is -2.50. The number of hydrogen-bond donors (Lipinski definition) is 0. The summed E-state index contributed by atoms with van der Waals surface area (Å²) in [5.41, 5.74) is 2.62. The lowest BCUT2D eigenvalue weighted by atomic mass is 9.82. The Bertz CT molecular complexity index is 497. The Morgan fingerprint density at radius 2 is 1.95 bits per heavy atom. The molecule has 1 aromatic carbocycles. The molecule has 3 rings (SSSR count). The number of nitrogens with zero attached hydrogens (tertiary/aromatic N) is 2. The summed E-state index contributed by atoms with van der Waals surface area (Å²) in [7, 11) is 0. The number of halogens is 1. The number of amides is 1. The first-order valence-electron chi connectivity index (χ1n) is 7.94. The van der Waals surface area contributed by atoms with Crippen LogP contribution in [0.15, 0.2) is 24.3 Å². The second kappa shape index (κ2) is 6.80. The van der Waals surface area contributed by atoms with E-state index in [-0.39, 0.29) is 5.92 Å². The van der Waals surface area contributed by atoms with Crippen molar-refractivity contribution in [2.45, 2.75) is 25.2 Å². The zero-order valence-electron chi connectivity index (χ0n) is 12.4. The van der Waals surface area contributed by atoms with Gasteiger partial charge in [-0.25, -0.2) is 0 Å². The molecule has 0 radical (unpaired) electrons. The molecule has 1 fully saturated rings. The van der Waals surface area contributed by atoms with Gasteiger partial charge in [0.05, 0.1) is 5.92 Å². The SMILES string of the molecule is O=C(C1CCCc2ccccc21)N1CCN(CCCl)CC1. The monoisotopic (exact) mass is 306 g/mol. The molecule has 1 unspecified atom stereocenters. The smallest absolute Gasteiger partial charge is 0.230 e. The number of aryl methyl sites for hydroxylation is 1. The van der Waals surface area contributed by atoms with Gasteiger partial charge in [0, 0.05) is 38.6 Å². The number of alkyl halides is 1. The number of fused-ring (bicyclic) bond motifs is 1. The molecule has 0 spiro atoms. The van der Waals surface area contributed by atoms with E-state index in [9.17, 15) is 4.79 Å². The summed E-state index contributed by atoms with van der Waals surface area (Å²) in [5.74, 6) is 1.08. The molecular weight excluding hydrogens is 284 g/mol. The maximum absolute atomic E-state index is 12.9. The first-order chi connectivity index (χ1) is 10.3. The fraction of sp³-hybridized carbons (Fsp3) is 0.588. The van der Waals surface area contributed by atoms with Crippen LogP contribution in [-0.2, 0) is 11.2 Å². The normalized spacial score (nSPS) is 22.9. The summed E-state index contributed by atoms with van der Waals surface area (Å²) in [4.78, 5) is 17.3. The van der Waals surface area contributed by atoms with E-state index >= 15 is 0 Å². The first-order valence-corrected chi connectivity index (χ1v) is 8.48. The Labute approximate surface area is 131 Å². The fourth-order valence-electron chi connectivity index (χ4n) is 3.54. The molecule has 0 bridgehead atoms. The van der Waals surface area contributed by atoms with E-state index in [4.69, 9.17) is 11.6 Å². The Kier molecular flexibility index (Phi) is 4.81. The van der Waals surface area contributed by atoms with Gasteiger partial charge in [-0.15, -0.1) is 11.6 Å². The number of rotatable bonds is 3. The summed E-state index contributed by atoms with van der Waals surface area (Å²) in [5, 5.41) is 0. The molecular formula is C17H23ClN2O. The third kappa shape index (κ3) is 3.24. The second-order valence-corrected chi connectivity index (χ2v) is 6.38. The van der Waals surface area contributed by atoms with Crippen LogP contribution in [0.4, 0.5) is 0 Å². The second-order valence-electron chi connectivity index (χ2n) is 6.00. The number of piperazine rings is 1. The third-order valence-electron chi connectivity index (χ3n) is 4.75. The van der Waals surface area contributed by atoms with Crippen LogP contribution in [0.25, 0.3) is 0 Å². The minimum Gasteiger partial charge on any atom is -0.340 e. The quantitative estimate of drug-likeness (QED) is 0.801. The maximum atomic E-state index is 12.9. The summed E-state index contributed by atoms with van der Waals surface area (Å²) in [6, 6.07) is 8.45. The Morgan fingerprint density at radius 3 is 2.71 bits per heavy atom. The van der Waals surface area contributed by atoms with E-state index in [0.717, 1.165) is 52.0 Å². The van der Waals surface area contributed by atoms with Crippen molar-refractivity contribution in [1.29, 1.82) is 0 Å². The zero-order chi connectivity index (χ0) is 14.7. The van der Waals surface area contributed by atoms with Crippen LogP contribution in [0.1, 0.15) is 29.9 Å². The molecule has 1 heterocycles. The standard InChI is InChI=1S/C17H23ClN2O/c18-8-9-19-10-12-20(13-11-19)17(21)16-7-3-5-14-4-1-2-6-15(14)16/h1-2,4,6,16H,3,5,7-13H2. The molecule has 2 aliphatic rings. The molecule has 1 atom stereocenters. The molecule has 0 aromatic heterocycles. The average Bonchev–Trinajstić information content (AvgIpc) is 2.55. The van der Waals surface area contributed by atoms with Gasteiger partial charge in [-0.2, -0.15) is 0 Å². The lowest BCUT2D eigenvalue weighted by Gasteiger charge is -2.37. The Morgan fingerprint density at radius 1 is 1.19 bits per heavy atom. The van der Waals surface area contributed by atoms with Gasteiger partial charge in [0.15, 0.2) is 0 Å². The predicted molar refractivity (Wildman–Crippen MR) is 85.9 cm³/mol. The van der Waals surface area contributed by atoms with Gasteiger partial charge in [-0.05, 0) is 30.4 Å². The molecule has 1 saturated heterocycles. The largest absolute Gasteiger partial charge is 0.340 e. The van der Waals surface area contributed by atoms with Crippen molar-refractivity contribution in [1.82, 2.24) is 9.80 Å². The van der Waals surface area contributed by atoms with Crippen molar-refractivity contribution < 1.29 is 4.79 Å². The van der Waals surface area contributed by atoms with Crippen molar-refractivity contribution in [2.75, 3.05) is 38.6 Å².